The summed E-state index contributed by atoms with van der Waals surface area (Å²) in [6, 6.07) is 10.4. The summed E-state index contributed by atoms with van der Waals surface area (Å²) in [7, 11) is 0. The molecular weight excluding hydrogens is 162 g/mol. The van der Waals surface area contributed by atoms with E-state index in [1.165, 1.54) is 5.56 Å². The van der Waals surface area contributed by atoms with Crippen molar-refractivity contribution in [2.45, 2.75) is 25.2 Å². The lowest BCUT2D eigenvalue weighted by molar-refractivity contribution is 0.317. The molecule has 1 N–H and O–H groups in total. The van der Waals surface area contributed by atoms with E-state index in [0.29, 0.717) is 5.92 Å². The van der Waals surface area contributed by atoms with Gasteiger partial charge in [0.15, 0.2) is 0 Å². The summed E-state index contributed by atoms with van der Waals surface area (Å²) in [5.74, 6) is 0.562. The van der Waals surface area contributed by atoms with Crippen LogP contribution in [0.25, 0.3) is 0 Å². The third-order valence-electron chi connectivity index (χ3n) is 2.68. The molecule has 2 heteroatoms. The van der Waals surface area contributed by atoms with Crippen LogP contribution >= 0.6 is 0 Å². The minimum atomic E-state index is 0.562. The van der Waals surface area contributed by atoms with Crippen LogP contribution < -0.4 is 0 Å². The highest BCUT2D eigenvalue weighted by Gasteiger charge is 2.21. The van der Waals surface area contributed by atoms with Gasteiger partial charge in [0.2, 0.25) is 0 Å². The van der Waals surface area contributed by atoms with E-state index in [9.17, 15) is 0 Å². The molecule has 0 spiro atoms. The predicted octanol–water partition coefficient (Wildman–Crippen LogP) is 2.78. The third-order valence-corrected chi connectivity index (χ3v) is 2.68. The molecule has 0 bridgehead atoms. The van der Waals surface area contributed by atoms with E-state index in [2.05, 4.69) is 29.4 Å². The summed E-state index contributed by atoms with van der Waals surface area (Å²) in [5, 5.41) is 11.9. The minimum Gasteiger partial charge on any atom is -0.411 e. The smallest absolute Gasteiger partial charge is 0.0577 e. The zero-order chi connectivity index (χ0) is 9.10. The summed E-state index contributed by atoms with van der Waals surface area (Å²) in [6.45, 7) is 0. The zero-order valence-electron chi connectivity index (χ0n) is 7.48. The van der Waals surface area contributed by atoms with E-state index >= 15 is 0 Å². The molecule has 1 fully saturated rings. The molecule has 0 radical (unpaired) electrons. The van der Waals surface area contributed by atoms with Crippen LogP contribution in [0.4, 0.5) is 0 Å². The van der Waals surface area contributed by atoms with Crippen molar-refractivity contribution in [1.29, 1.82) is 0 Å². The molecule has 1 unspecified atom stereocenters. The number of rotatable bonds is 1. The topological polar surface area (TPSA) is 32.6 Å². The Kier molecular flexibility index (Phi) is 2.30. The van der Waals surface area contributed by atoms with Gasteiger partial charge in [-0.25, -0.2) is 0 Å². The van der Waals surface area contributed by atoms with Crippen LogP contribution in [0.5, 0.6) is 0 Å². The van der Waals surface area contributed by atoms with E-state index in [1.807, 2.05) is 6.07 Å². The molecule has 2 nitrogen and oxygen atoms in total. The monoisotopic (exact) mass is 175 g/mol. The maximum atomic E-state index is 8.62. The first-order valence-electron chi connectivity index (χ1n) is 4.65. The number of nitrogens with zero attached hydrogens (tertiary/aromatic N) is 1. The molecule has 1 aliphatic carbocycles. The molecule has 0 aromatic heterocycles. The first kappa shape index (κ1) is 8.30. The fraction of sp³-hybridized carbons (Fsp3) is 0.364. The molecule has 0 saturated heterocycles. The van der Waals surface area contributed by atoms with Crippen molar-refractivity contribution in [2.24, 2.45) is 5.16 Å². The van der Waals surface area contributed by atoms with Crippen molar-refractivity contribution in [3.63, 3.8) is 0 Å². The Balaban J connectivity index is 2.13. The number of oxime groups is 1. The second-order valence-electron chi connectivity index (χ2n) is 3.52. The molecule has 1 saturated carbocycles. The molecule has 0 heterocycles. The van der Waals surface area contributed by atoms with Gasteiger partial charge in [-0.05, 0) is 30.7 Å². The number of benzene rings is 1. The van der Waals surface area contributed by atoms with Gasteiger partial charge >= 0.3 is 0 Å². The Morgan fingerprint density at radius 3 is 2.62 bits per heavy atom. The predicted molar refractivity (Wildman–Crippen MR) is 52.3 cm³/mol. The fourth-order valence-electron chi connectivity index (χ4n) is 1.93. The summed E-state index contributed by atoms with van der Waals surface area (Å²) < 4.78 is 0. The summed E-state index contributed by atoms with van der Waals surface area (Å²) >= 11 is 0. The van der Waals surface area contributed by atoms with Gasteiger partial charge in [-0.3, -0.25) is 0 Å². The van der Waals surface area contributed by atoms with Crippen LogP contribution in [0.3, 0.4) is 0 Å². The Bertz CT molecular complexity index is 305. The Hall–Kier alpha value is -1.31. The highest BCUT2D eigenvalue weighted by Crippen LogP contribution is 2.32. The summed E-state index contributed by atoms with van der Waals surface area (Å²) in [6.07, 6.45) is 2.97. The molecule has 2 rings (SSSR count). The van der Waals surface area contributed by atoms with Crippen LogP contribution in [-0.4, -0.2) is 10.9 Å². The van der Waals surface area contributed by atoms with Gasteiger partial charge in [-0.15, -0.1) is 0 Å². The van der Waals surface area contributed by atoms with Gasteiger partial charge in [0.05, 0.1) is 5.71 Å². The second-order valence-corrected chi connectivity index (χ2v) is 3.52. The van der Waals surface area contributed by atoms with Crippen LogP contribution in [0, 0.1) is 0 Å². The summed E-state index contributed by atoms with van der Waals surface area (Å²) in [4.78, 5) is 0. The molecule has 0 amide bonds. The number of hydrogen-bond donors (Lipinski definition) is 1. The highest BCUT2D eigenvalue weighted by molar-refractivity contribution is 5.86. The molecule has 0 aliphatic heterocycles. The average Bonchev–Trinajstić information content (AvgIpc) is 2.67. The Morgan fingerprint density at radius 2 is 2.00 bits per heavy atom. The maximum Gasteiger partial charge on any atom is 0.0577 e. The Morgan fingerprint density at radius 1 is 1.23 bits per heavy atom. The third kappa shape index (κ3) is 1.72. The zero-order valence-corrected chi connectivity index (χ0v) is 7.48. The van der Waals surface area contributed by atoms with Crippen molar-refractivity contribution >= 4 is 5.71 Å². The molecule has 68 valence electrons. The largest absolute Gasteiger partial charge is 0.411 e. The van der Waals surface area contributed by atoms with Crippen LogP contribution in [0.15, 0.2) is 35.5 Å². The molecule has 13 heavy (non-hydrogen) atoms. The van der Waals surface area contributed by atoms with E-state index in [-0.39, 0.29) is 0 Å². The van der Waals surface area contributed by atoms with Gasteiger partial charge < -0.3 is 5.21 Å². The Labute approximate surface area is 77.9 Å². The highest BCUT2D eigenvalue weighted by atomic mass is 16.4. The molecular formula is C11H13NO. The number of hydrogen-bond acceptors (Lipinski definition) is 2. The maximum absolute atomic E-state index is 8.62. The lowest BCUT2D eigenvalue weighted by Gasteiger charge is -2.07. The van der Waals surface area contributed by atoms with Crippen molar-refractivity contribution in [3.8, 4) is 0 Å². The first-order chi connectivity index (χ1) is 6.40. The normalized spacial score (nSPS) is 25.2. The van der Waals surface area contributed by atoms with Crippen molar-refractivity contribution in [1.82, 2.24) is 0 Å². The van der Waals surface area contributed by atoms with Crippen LogP contribution in [0.2, 0.25) is 0 Å². The van der Waals surface area contributed by atoms with E-state index in [4.69, 9.17) is 5.21 Å². The molecule has 1 atom stereocenters. The quantitative estimate of drug-likeness (QED) is 0.516. The van der Waals surface area contributed by atoms with E-state index in [1.54, 1.807) is 0 Å². The fourth-order valence-corrected chi connectivity index (χ4v) is 1.93. The van der Waals surface area contributed by atoms with Crippen molar-refractivity contribution in [3.05, 3.63) is 35.9 Å². The lowest BCUT2D eigenvalue weighted by Crippen LogP contribution is -1.93. The van der Waals surface area contributed by atoms with Gasteiger partial charge in [0.25, 0.3) is 0 Å². The van der Waals surface area contributed by atoms with E-state index in [0.717, 1.165) is 25.0 Å². The summed E-state index contributed by atoms with van der Waals surface area (Å²) in [5.41, 5.74) is 2.30. The van der Waals surface area contributed by atoms with Gasteiger partial charge in [0.1, 0.15) is 0 Å². The van der Waals surface area contributed by atoms with Crippen LogP contribution in [-0.2, 0) is 0 Å². The molecule has 1 aliphatic rings. The standard InChI is InChI=1S/C11H13NO/c13-12-11-7-6-10(8-11)9-4-2-1-3-5-9/h1-5,10,13H,6-8H2/b12-11+. The van der Waals surface area contributed by atoms with Gasteiger partial charge in [-0.1, -0.05) is 35.5 Å². The molecule has 1 aromatic carbocycles. The van der Waals surface area contributed by atoms with Crippen molar-refractivity contribution < 1.29 is 5.21 Å². The van der Waals surface area contributed by atoms with Gasteiger partial charge in [-0.2, -0.15) is 0 Å². The first-order valence-corrected chi connectivity index (χ1v) is 4.65. The SMILES string of the molecule is O/N=C1\CCC(c2ccccc2)C1. The second kappa shape index (κ2) is 3.60. The average molecular weight is 175 g/mol. The lowest BCUT2D eigenvalue weighted by atomic mass is 9.98. The molecule has 1 aromatic rings. The van der Waals surface area contributed by atoms with Crippen LogP contribution in [0.1, 0.15) is 30.7 Å². The van der Waals surface area contributed by atoms with E-state index < -0.39 is 0 Å². The minimum absolute atomic E-state index is 0.562. The van der Waals surface area contributed by atoms with Crippen molar-refractivity contribution in [2.75, 3.05) is 0 Å². The van der Waals surface area contributed by atoms with Gasteiger partial charge in [0, 0.05) is 0 Å².